The first-order valence-electron chi connectivity index (χ1n) is 8.16. The molecule has 0 aliphatic heterocycles. The lowest BCUT2D eigenvalue weighted by molar-refractivity contribution is 0.302. The summed E-state index contributed by atoms with van der Waals surface area (Å²) in [5.74, 6) is 0.270. The third-order valence-corrected chi connectivity index (χ3v) is 6.00. The predicted molar refractivity (Wildman–Crippen MR) is 97.3 cm³/mol. The smallest absolute Gasteiger partial charge is 0.214 e. The van der Waals surface area contributed by atoms with Crippen LogP contribution in [0, 0.1) is 5.82 Å². The van der Waals surface area contributed by atoms with E-state index in [9.17, 15) is 12.8 Å². The van der Waals surface area contributed by atoms with Crippen molar-refractivity contribution >= 4 is 10.0 Å². The van der Waals surface area contributed by atoms with Crippen LogP contribution in [0.25, 0.3) is 0 Å². The predicted octanol–water partition coefficient (Wildman–Crippen LogP) is 3.79. The molecule has 0 heterocycles. The van der Waals surface area contributed by atoms with Crippen LogP contribution in [0.2, 0.25) is 0 Å². The average Bonchev–Trinajstić information content (AvgIpc) is 2.54. The van der Waals surface area contributed by atoms with Gasteiger partial charge in [0.25, 0.3) is 0 Å². The van der Waals surface area contributed by atoms with E-state index in [0.717, 1.165) is 11.1 Å². The topological polar surface area (TPSA) is 69.4 Å². The molecule has 2 rings (SSSR count). The molecule has 0 saturated carbocycles. The Kier molecular flexibility index (Phi) is 6.19. The molecule has 2 aromatic carbocycles. The fraction of sp³-hybridized carbons (Fsp3) is 0.368. The number of primary sulfonamides is 1. The van der Waals surface area contributed by atoms with Gasteiger partial charge in [0, 0.05) is 0 Å². The highest BCUT2D eigenvalue weighted by Crippen LogP contribution is 2.26. The molecule has 0 amide bonds. The highest BCUT2D eigenvalue weighted by Gasteiger charge is 2.30. The SMILES string of the molecule is CC(C)(CCCc1cc(F)ccc1OCc1ccccc1)S(N)(=O)=O. The number of halogens is 1. The van der Waals surface area contributed by atoms with Crippen molar-refractivity contribution in [3.8, 4) is 5.75 Å². The molecule has 4 nitrogen and oxygen atoms in total. The summed E-state index contributed by atoms with van der Waals surface area (Å²) in [6.45, 7) is 3.59. The second-order valence-electron chi connectivity index (χ2n) is 6.68. The number of benzene rings is 2. The summed E-state index contributed by atoms with van der Waals surface area (Å²) < 4.78 is 41.5. The molecule has 0 aliphatic carbocycles. The zero-order chi connectivity index (χ0) is 18.5. The number of hydrogen-bond acceptors (Lipinski definition) is 3. The lowest BCUT2D eigenvalue weighted by Crippen LogP contribution is -2.37. The molecule has 0 saturated heterocycles. The van der Waals surface area contributed by atoms with E-state index in [4.69, 9.17) is 9.88 Å². The summed E-state index contributed by atoms with van der Waals surface area (Å²) in [6.07, 6.45) is 1.47. The van der Waals surface area contributed by atoms with Crippen LogP contribution in [-0.2, 0) is 23.1 Å². The summed E-state index contributed by atoms with van der Waals surface area (Å²) in [6, 6.07) is 14.1. The van der Waals surface area contributed by atoms with E-state index in [1.807, 2.05) is 30.3 Å². The summed E-state index contributed by atoms with van der Waals surface area (Å²) in [5.41, 5.74) is 1.74. The van der Waals surface area contributed by atoms with Crippen molar-refractivity contribution in [2.75, 3.05) is 0 Å². The minimum Gasteiger partial charge on any atom is -0.489 e. The van der Waals surface area contributed by atoms with E-state index in [-0.39, 0.29) is 5.82 Å². The molecule has 0 spiro atoms. The maximum absolute atomic E-state index is 13.6. The van der Waals surface area contributed by atoms with E-state index in [1.165, 1.54) is 12.1 Å². The van der Waals surface area contributed by atoms with Crippen molar-refractivity contribution in [1.29, 1.82) is 0 Å². The van der Waals surface area contributed by atoms with E-state index < -0.39 is 14.8 Å². The Labute approximate surface area is 148 Å². The van der Waals surface area contributed by atoms with Crippen LogP contribution < -0.4 is 9.88 Å². The Morgan fingerprint density at radius 1 is 1.12 bits per heavy atom. The molecule has 2 aromatic rings. The van der Waals surface area contributed by atoms with Gasteiger partial charge in [0.1, 0.15) is 18.2 Å². The largest absolute Gasteiger partial charge is 0.489 e. The summed E-state index contributed by atoms with van der Waals surface area (Å²) in [7, 11) is -3.63. The van der Waals surface area contributed by atoms with Crippen molar-refractivity contribution in [2.24, 2.45) is 5.14 Å². The van der Waals surface area contributed by atoms with Crippen LogP contribution in [0.3, 0.4) is 0 Å². The molecule has 6 heteroatoms. The van der Waals surface area contributed by atoms with Crippen molar-refractivity contribution in [3.05, 3.63) is 65.5 Å². The van der Waals surface area contributed by atoms with Crippen molar-refractivity contribution in [1.82, 2.24) is 0 Å². The van der Waals surface area contributed by atoms with Gasteiger partial charge >= 0.3 is 0 Å². The van der Waals surface area contributed by atoms with Crippen LogP contribution in [0.5, 0.6) is 5.75 Å². The van der Waals surface area contributed by atoms with Gasteiger partial charge in [-0.15, -0.1) is 0 Å². The maximum atomic E-state index is 13.6. The minimum atomic E-state index is -3.63. The minimum absolute atomic E-state index is 0.340. The normalized spacial score (nSPS) is 12.2. The molecule has 0 aromatic heterocycles. The van der Waals surface area contributed by atoms with E-state index in [1.54, 1.807) is 19.9 Å². The van der Waals surface area contributed by atoms with Gasteiger partial charge in [0.05, 0.1) is 4.75 Å². The quantitative estimate of drug-likeness (QED) is 0.774. The third kappa shape index (κ3) is 5.54. The van der Waals surface area contributed by atoms with Crippen LogP contribution >= 0.6 is 0 Å². The van der Waals surface area contributed by atoms with Crippen molar-refractivity contribution in [2.45, 2.75) is 44.5 Å². The molecule has 0 atom stereocenters. The van der Waals surface area contributed by atoms with Gasteiger partial charge in [-0.1, -0.05) is 30.3 Å². The Hall–Kier alpha value is -1.92. The number of nitrogens with two attached hydrogens (primary N) is 1. The molecule has 0 fully saturated rings. The van der Waals surface area contributed by atoms with Gasteiger partial charge in [-0.3, -0.25) is 0 Å². The number of hydrogen-bond donors (Lipinski definition) is 1. The van der Waals surface area contributed by atoms with Gasteiger partial charge in [0.2, 0.25) is 10.0 Å². The van der Waals surface area contributed by atoms with E-state index in [2.05, 4.69) is 0 Å². The second kappa shape index (κ2) is 7.97. The lowest BCUT2D eigenvalue weighted by Gasteiger charge is -2.22. The highest BCUT2D eigenvalue weighted by molar-refractivity contribution is 7.90. The summed E-state index contributed by atoms with van der Waals surface area (Å²) in [5, 5.41) is 5.25. The first-order chi connectivity index (χ1) is 11.7. The lowest BCUT2D eigenvalue weighted by atomic mass is 10.0. The van der Waals surface area contributed by atoms with Crippen LogP contribution in [0.1, 0.15) is 37.8 Å². The van der Waals surface area contributed by atoms with E-state index >= 15 is 0 Å². The molecule has 2 N–H and O–H groups in total. The standard InChI is InChI=1S/C19H24FNO3S/c1-19(2,25(21,22)23)12-6-9-16-13-17(20)10-11-18(16)24-14-15-7-4-3-5-8-15/h3-5,7-8,10-11,13H,6,9,12,14H2,1-2H3,(H2,21,22,23). The van der Waals surface area contributed by atoms with E-state index in [0.29, 0.717) is 31.6 Å². The Bertz CT molecular complexity index is 805. The van der Waals surface area contributed by atoms with Gasteiger partial charge < -0.3 is 4.74 Å². The number of sulfonamides is 1. The van der Waals surface area contributed by atoms with Crippen LogP contribution in [0.4, 0.5) is 4.39 Å². The molecule has 0 radical (unpaired) electrons. The van der Waals surface area contributed by atoms with Gasteiger partial charge in [-0.25, -0.2) is 17.9 Å². The number of aryl methyl sites for hydroxylation is 1. The fourth-order valence-electron chi connectivity index (χ4n) is 2.47. The molecular formula is C19H24FNO3S. The van der Waals surface area contributed by atoms with Crippen LogP contribution in [-0.4, -0.2) is 13.2 Å². The number of rotatable bonds is 8. The van der Waals surface area contributed by atoms with Gasteiger partial charge in [-0.2, -0.15) is 0 Å². The molecular weight excluding hydrogens is 341 g/mol. The zero-order valence-corrected chi connectivity index (χ0v) is 15.4. The zero-order valence-electron chi connectivity index (χ0n) is 14.5. The Morgan fingerprint density at radius 2 is 1.80 bits per heavy atom. The van der Waals surface area contributed by atoms with Gasteiger partial charge in [0.15, 0.2) is 0 Å². The summed E-state index contributed by atoms with van der Waals surface area (Å²) in [4.78, 5) is 0. The third-order valence-electron chi connectivity index (χ3n) is 4.25. The molecule has 25 heavy (non-hydrogen) atoms. The molecule has 0 bridgehead atoms. The molecule has 0 aliphatic rings. The molecule has 0 unspecified atom stereocenters. The second-order valence-corrected chi connectivity index (χ2v) is 8.88. The van der Waals surface area contributed by atoms with Crippen molar-refractivity contribution in [3.63, 3.8) is 0 Å². The van der Waals surface area contributed by atoms with Crippen molar-refractivity contribution < 1.29 is 17.5 Å². The first-order valence-corrected chi connectivity index (χ1v) is 9.71. The maximum Gasteiger partial charge on any atom is 0.214 e. The number of ether oxygens (including phenoxy) is 1. The highest BCUT2D eigenvalue weighted by atomic mass is 32.2. The fourth-order valence-corrected chi connectivity index (χ4v) is 2.90. The first kappa shape index (κ1) is 19.4. The Balaban J connectivity index is 2.03. The average molecular weight is 365 g/mol. The monoisotopic (exact) mass is 365 g/mol. The van der Waals surface area contributed by atoms with Gasteiger partial charge in [-0.05, 0) is 62.4 Å². The van der Waals surface area contributed by atoms with Crippen LogP contribution in [0.15, 0.2) is 48.5 Å². The Morgan fingerprint density at radius 3 is 2.44 bits per heavy atom. The molecule has 136 valence electrons. The summed E-state index contributed by atoms with van der Waals surface area (Å²) >= 11 is 0.